The number of rotatable bonds is 6. The minimum absolute atomic E-state index is 0.0894. The third kappa shape index (κ3) is 4.34. The fourth-order valence-electron chi connectivity index (χ4n) is 6.23. The van der Waals surface area contributed by atoms with Gasteiger partial charge < -0.3 is 19.3 Å². The summed E-state index contributed by atoms with van der Waals surface area (Å²) in [6.45, 7) is 1.27. The quantitative estimate of drug-likeness (QED) is 0.479. The van der Waals surface area contributed by atoms with E-state index in [2.05, 4.69) is 17.1 Å². The van der Waals surface area contributed by atoms with Gasteiger partial charge in [-0.15, -0.1) is 0 Å². The van der Waals surface area contributed by atoms with Crippen LogP contribution in [0.2, 0.25) is 0 Å². The van der Waals surface area contributed by atoms with Crippen molar-refractivity contribution in [2.45, 2.75) is 63.0 Å². The summed E-state index contributed by atoms with van der Waals surface area (Å²) in [6.07, 6.45) is 9.21. The zero-order chi connectivity index (χ0) is 26.5. The summed E-state index contributed by atoms with van der Waals surface area (Å²) < 4.78 is 11.4. The highest BCUT2D eigenvalue weighted by molar-refractivity contribution is 5.98. The lowest BCUT2D eigenvalue weighted by Gasteiger charge is -2.34. The van der Waals surface area contributed by atoms with Gasteiger partial charge in [-0.05, 0) is 55.0 Å². The molecule has 7 rings (SSSR count). The number of fused-ring (bicyclic) bond motifs is 3. The number of benzene rings is 1. The number of methoxy groups -OCH3 is 1. The normalized spacial score (nSPS) is 23.9. The summed E-state index contributed by atoms with van der Waals surface area (Å²) in [5.74, 6) is 1.84. The Labute approximate surface area is 227 Å². The number of carbonyl (C=O) groups is 2. The van der Waals surface area contributed by atoms with Crippen LogP contribution in [0.4, 0.5) is 11.4 Å². The molecule has 2 saturated heterocycles. The molecule has 0 unspecified atom stereocenters. The molecule has 1 atom stereocenters. The minimum Gasteiger partial charge on any atom is -0.474 e. The monoisotopic (exact) mass is 525 g/mol. The summed E-state index contributed by atoms with van der Waals surface area (Å²) in [6, 6.07) is 10.2. The average molecular weight is 526 g/mol. The number of aromatic nitrogens is 3. The van der Waals surface area contributed by atoms with Crippen molar-refractivity contribution in [3.05, 3.63) is 59.8 Å². The topological polar surface area (TPSA) is 97.8 Å². The van der Waals surface area contributed by atoms with Gasteiger partial charge in [-0.25, -0.2) is 15.0 Å². The van der Waals surface area contributed by atoms with Gasteiger partial charge >= 0.3 is 0 Å². The van der Waals surface area contributed by atoms with E-state index < -0.39 is 0 Å². The molecule has 5 heterocycles. The van der Waals surface area contributed by atoms with Gasteiger partial charge in [0.25, 0.3) is 0 Å². The van der Waals surface area contributed by atoms with Crippen LogP contribution in [-0.2, 0) is 20.7 Å². The Bertz CT molecular complexity index is 1440. The lowest BCUT2D eigenvalue weighted by atomic mass is 9.78. The number of carbonyl (C=O) groups excluding carboxylic acids is 2. The van der Waals surface area contributed by atoms with Crippen LogP contribution in [0.25, 0.3) is 11.1 Å². The average Bonchev–Trinajstić information content (AvgIpc) is 3.54. The molecule has 0 N–H and O–H groups in total. The van der Waals surface area contributed by atoms with Crippen LogP contribution in [0.1, 0.15) is 61.5 Å². The highest BCUT2D eigenvalue weighted by Crippen LogP contribution is 2.42. The van der Waals surface area contributed by atoms with Gasteiger partial charge in [0.05, 0.1) is 17.8 Å². The summed E-state index contributed by atoms with van der Waals surface area (Å²) in [5.41, 5.74) is 5.72. The molecule has 3 aromatic rings. The Kier molecular flexibility index (Phi) is 6.03. The number of amides is 2. The van der Waals surface area contributed by atoms with Crippen molar-refractivity contribution in [1.82, 2.24) is 15.0 Å². The summed E-state index contributed by atoms with van der Waals surface area (Å²) in [7, 11) is 1.76. The smallest absolute Gasteiger partial charge is 0.238 e. The van der Waals surface area contributed by atoms with Gasteiger partial charge in [0, 0.05) is 62.5 Å². The van der Waals surface area contributed by atoms with Crippen LogP contribution in [0, 0.1) is 0 Å². The molecule has 0 radical (unpaired) electrons. The Morgan fingerprint density at radius 1 is 1.05 bits per heavy atom. The Morgan fingerprint density at radius 3 is 2.67 bits per heavy atom. The highest BCUT2D eigenvalue weighted by Gasteiger charge is 2.38. The van der Waals surface area contributed by atoms with Gasteiger partial charge in [-0.3, -0.25) is 9.59 Å². The third-order valence-electron chi connectivity index (χ3n) is 8.49. The largest absolute Gasteiger partial charge is 0.474 e. The third-order valence-corrected chi connectivity index (χ3v) is 8.49. The standard InChI is InChI=1S/C30H31N5O4/c1-38-23-13-20(14-23)29-24(19-4-6-21(7-5-19)34-10-2-3-27(34)36)16-31-26(33-29)12-18-11-25-30(32-15-18)39-17-22-8-9-28(37)35(22)25/h4-7,11,15-16,20,22-23H,2-3,8-10,12-14,17H2,1H3/t20?,22-,23?/m0/s1. The molecule has 1 saturated carbocycles. The number of anilines is 2. The molecule has 9 heteroatoms. The van der Waals surface area contributed by atoms with Crippen molar-refractivity contribution < 1.29 is 19.1 Å². The maximum atomic E-state index is 12.5. The molecule has 39 heavy (non-hydrogen) atoms. The van der Waals surface area contributed by atoms with Gasteiger partial charge in [-0.1, -0.05) is 12.1 Å². The van der Waals surface area contributed by atoms with Gasteiger partial charge in [-0.2, -0.15) is 0 Å². The van der Waals surface area contributed by atoms with Gasteiger partial charge in [0.2, 0.25) is 17.7 Å². The fourth-order valence-corrected chi connectivity index (χ4v) is 6.23. The first-order valence-electron chi connectivity index (χ1n) is 13.8. The molecule has 1 aliphatic carbocycles. The molecule has 0 spiro atoms. The van der Waals surface area contributed by atoms with Gasteiger partial charge in [0.1, 0.15) is 18.1 Å². The van der Waals surface area contributed by atoms with E-state index in [1.54, 1.807) is 13.3 Å². The lowest BCUT2D eigenvalue weighted by molar-refractivity contribution is -0.118. The van der Waals surface area contributed by atoms with Crippen molar-refractivity contribution in [3.63, 3.8) is 0 Å². The van der Waals surface area contributed by atoms with Crippen LogP contribution in [0.15, 0.2) is 42.7 Å². The SMILES string of the molecule is COC1CC(c2nc(Cc3cnc4c(c3)N3C(=O)CC[C@H]3CO4)ncc2-c2ccc(N3CCCC3=O)cc2)C1. The van der Waals surface area contributed by atoms with Crippen molar-refractivity contribution >= 4 is 23.2 Å². The van der Waals surface area contributed by atoms with E-state index in [9.17, 15) is 9.59 Å². The molecule has 4 aliphatic rings. The summed E-state index contributed by atoms with van der Waals surface area (Å²) in [5, 5.41) is 0. The van der Waals surface area contributed by atoms with Crippen molar-refractivity contribution in [3.8, 4) is 17.0 Å². The molecule has 200 valence electrons. The van der Waals surface area contributed by atoms with Crippen molar-refractivity contribution in [2.75, 3.05) is 30.1 Å². The second-order valence-corrected chi connectivity index (χ2v) is 10.9. The number of pyridine rings is 1. The van der Waals surface area contributed by atoms with E-state index >= 15 is 0 Å². The number of nitrogens with zero attached hydrogens (tertiary/aromatic N) is 5. The van der Waals surface area contributed by atoms with Crippen LogP contribution < -0.4 is 14.5 Å². The van der Waals surface area contributed by atoms with E-state index in [1.807, 2.05) is 34.2 Å². The predicted octanol–water partition coefficient (Wildman–Crippen LogP) is 4.04. The molecule has 1 aromatic carbocycles. The first kappa shape index (κ1) is 24.2. The Morgan fingerprint density at radius 2 is 1.90 bits per heavy atom. The second kappa shape index (κ2) is 9.72. The zero-order valence-corrected chi connectivity index (χ0v) is 22.0. The molecular weight excluding hydrogens is 494 g/mol. The first-order valence-corrected chi connectivity index (χ1v) is 13.8. The molecule has 9 nitrogen and oxygen atoms in total. The van der Waals surface area contributed by atoms with Crippen LogP contribution in [-0.4, -0.2) is 59.2 Å². The molecule has 3 aliphatic heterocycles. The van der Waals surface area contributed by atoms with Crippen molar-refractivity contribution in [2.24, 2.45) is 0 Å². The van der Waals surface area contributed by atoms with Crippen LogP contribution >= 0.6 is 0 Å². The number of ether oxygens (including phenoxy) is 2. The maximum Gasteiger partial charge on any atom is 0.238 e. The predicted molar refractivity (Wildman–Crippen MR) is 145 cm³/mol. The van der Waals surface area contributed by atoms with Crippen LogP contribution in [0.3, 0.4) is 0 Å². The summed E-state index contributed by atoms with van der Waals surface area (Å²) >= 11 is 0. The summed E-state index contributed by atoms with van der Waals surface area (Å²) in [4.78, 5) is 42.7. The minimum atomic E-state index is 0.0894. The molecule has 0 bridgehead atoms. The first-order chi connectivity index (χ1) is 19.1. The highest BCUT2D eigenvalue weighted by atomic mass is 16.5. The van der Waals surface area contributed by atoms with Gasteiger partial charge in [0.15, 0.2) is 0 Å². The van der Waals surface area contributed by atoms with E-state index in [0.717, 1.165) is 71.8 Å². The lowest BCUT2D eigenvalue weighted by Crippen LogP contribution is -2.40. The Balaban J connectivity index is 1.18. The van der Waals surface area contributed by atoms with E-state index in [-0.39, 0.29) is 24.0 Å². The van der Waals surface area contributed by atoms with E-state index in [4.69, 9.17) is 19.4 Å². The van der Waals surface area contributed by atoms with Crippen molar-refractivity contribution in [1.29, 1.82) is 0 Å². The zero-order valence-electron chi connectivity index (χ0n) is 22.0. The Hall–Kier alpha value is -3.85. The molecule has 2 aromatic heterocycles. The number of hydrogen-bond donors (Lipinski definition) is 0. The second-order valence-electron chi connectivity index (χ2n) is 10.9. The van der Waals surface area contributed by atoms with Crippen LogP contribution in [0.5, 0.6) is 5.88 Å². The molecule has 3 fully saturated rings. The van der Waals surface area contributed by atoms with E-state index in [1.165, 1.54) is 0 Å². The molecule has 2 amide bonds. The van der Waals surface area contributed by atoms with E-state index in [0.29, 0.717) is 37.7 Å². The fraction of sp³-hybridized carbons (Fsp3) is 0.433. The molecular formula is C30H31N5O4. The number of hydrogen-bond acceptors (Lipinski definition) is 7. The maximum absolute atomic E-state index is 12.5.